The lowest BCUT2D eigenvalue weighted by Gasteiger charge is -2.26. The van der Waals surface area contributed by atoms with Crippen LogP contribution in [0.15, 0.2) is 12.4 Å². The topological polar surface area (TPSA) is 93.4 Å². The fraction of sp³-hybridized carbons (Fsp3) is 0.545. The minimum absolute atomic E-state index is 0.132. The Kier molecular flexibility index (Phi) is 4.30. The van der Waals surface area contributed by atoms with Gasteiger partial charge in [-0.15, -0.1) is 0 Å². The van der Waals surface area contributed by atoms with Crippen LogP contribution in [0.25, 0.3) is 0 Å². The first kappa shape index (κ1) is 12.6. The molecule has 7 heteroatoms. The van der Waals surface area contributed by atoms with Crippen molar-refractivity contribution in [3.05, 3.63) is 12.4 Å². The van der Waals surface area contributed by atoms with E-state index in [0.717, 1.165) is 0 Å². The van der Waals surface area contributed by atoms with Crippen molar-refractivity contribution < 1.29 is 9.53 Å². The van der Waals surface area contributed by atoms with E-state index < -0.39 is 0 Å². The number of nitrogens with two attached hydrogens (primary N) is 1. The summed E-state index contributed by atoms with van der Waals surface area (Å²) in [6.07, 6.45) is 1.82. The number of morpholine rings is 1. The molecule has 2 heterocycles. The molecule has 0 bridgehead atoms. The number of hydrogen-bond donors (Lipinski definition) is 2. The predicted octanol–water partition coefficient (Wildman–Crippen LogP) is -0.280. The minimum Gasteiger partial charge on any atom is -0.384 e. The number of rotatable bonds is 4. The Morgan fingerprint density at radius 1 is 1.44 bits per heavy atom. The van der Waals surface area contributed by atoms with Gasteiger partial charge in [0.1, 0.15) is 18.0 Å². The molecule has 1 aliphatic rings. The van der Waals surface area contributed by atoms with Crippen LogP contribution in [0.5, 0.6) is 0 Å². The zero-order valence-electron chi connectivity index (χ0n) is 10.1. The first-order chi connectivity index (χ1) is 8.75. The van der Waals surface area contributed by atoms with E-state index in [-0.39, 0.29) is 5.91 Å². The number of nitrogens with one attached hydrogen (secondary N) is 1. The normalized spacial score (nSPS) is 15.4. The molecule has 0 spiro atoms. The highest BCUT2D eigenvalue weighted by molar-refractivity contribution is 5.76. The van der Waals surface area contributed by atoms with Crippen molar-refractivity contribution in [3.63, 3.8) is 0 Å². The average molecular weight is 251 g/mol. The molecule has 0 atom stereocenters. The number of carbonyl (C=O) groups is 1. The van der Waals surface area contributed by atoms with Gasteiger partial charge in [0.2, 0.25) is 5.91 Å². The van der Waals surface area contributed by atoms with Crippen LogP contribution in [0.1, 0.15) is 6.42 Å². The third-order valence-corrected chi connectivity index (χ3v) is 2.70. The van der Waals surface area contributed by atoms with Gasteiger partial charge >= 0.3 is 0 Å². The van der Waals surface area contributed by atoms with Crippen LogP contribution in [0.2, 0.25) is 0 Å². The first-order valence-electron chi connectivity index (χ1n) is 5.92. The van der Waals surface area contributed by atoms with E-state index in [1.54, 1.807) is 6.07 Å². The van der Waals surface area contributed by atoms with Gasteiger partial charge in [0.25, 0.3) is 0 Å². The van der Waals surface area contributed by atoms with Crippen LogP contribution in [0.4, 0.5) is 11.6 Å². The second-order valence-electron chi connectivity index (χ2n) is 4.00. The number of nitrogen functional groups attached to an aromatic ring is 1. The lowest BCUT2D eigenvalue weighted by atomic mass is 10.3. The van der Waals surface area contributed by atoms with Gasteiger partial charge in [0.05, 0.1) is 13.2 Å². The fourth-order valence-electron chi connectivity index (χ4n) is 1.74. The molecule has 0 aromatic carbocycles. The largest absolute Gasteiger partial charge is 0.384 e. The molecule has 0 saturated carbocycles. The maximum Gasteiger partial charge on any atom is 0.224 e. The fourth-order valence-corrected chi connectivity index (χ4v) is 1.74. The standard InChI is InChI=1S/C11H17N5O2/c12-9-7-10(15-8-14-9)13-2-1-11(17)16-3-5-18-6-4-16/h7-8H,1-6H2,(H3,12,13,14,15). The molecule has 0 unspecified atom stereocenters. The average Bonchev–Trinajstić information content (AvgIpc) is 2.40. The van der Waals surface area contributed by atoms with Crippen LogP contribution in [-0.4, -0.2) is 53.6 Å². The van der Waals surface area contributed by atoms with Crippen LogP contribution in [0.3, 0.4) is 0 Å². The van der Waals surface area contributed by atoms with Crippen molar-refractivity contribution in [3.8, 4) is 0 Å². The summed E-state index contributed by atoms with van der Waals surface area (Å²) in [6.45, 7) is 3.15. The third-order valence-electron chi connectivity index (χ3n) is 2.70. The van der Waals surface area contributed by atoms with Crippen molar-refractivity contribution in [1.29, 1.82) is 0 Å². The zero-order chi connectivity index (χ0) is 12.8. The molecule has 1 fully saturated rings. The second-order valence-corrected chi connectivity index (χ2v) is 4.00. The number of hydrogen-bond acceptors (Lipinski definition) is 6. The molecule has 1 amide bonds. The van der Waals surface area contributed by atoms with E-state index in [0.29, 0.717) is 50.9 Å². The molecule has 18 heavy (non-hydrogen) atoms. The van der Waals surface area contributed by atoms with E-state index in [1.165, 1.54) is 6.33 Å². The summed E-state index contributed by atoms with van der Waals surface area (Å²) in [4.78, 5) is 21.4. The van der Waals surface area contributed by atoms with Crippen molar-refractivity contribution >= 4 is 17.5 Å². The van der Waals surface area contributed by atoms with E-state index in [9.17, 15) is 4.79 Å². The highest BCUT2D eigenvalue weighted by atomic mass is 16.5. The number of amides is 1. The first-order valence-corrected chi connectivity index (χ1v) is 5.92. The molecule has 0 radical (unpaired) electrons. The van der Waals surface area contributed by atoms with Gasteiger partial charge in [-0.3, -0.25) is 4.79 Å². The smallest absolute Gasteiger partial charge is 0.224 e. The van der Waals surface area contributed by atoms with Crippen molar-refractivity contribution in [2.24, 2.45) is 0 Å². The molecule has 98 valence electrons. The molecule has 7 nitrogen and oxygen atoms in total. The maximum absolute atomic E-state index is 11.8. The van der Waals surface area contributed by atoms with E-state index in [4.69, 9.17) is 10.5 Å². The monoisotopic (exact) mass is 251 g/mol. The van der Waals surface area contributed by atoms with Crippen LogP contribution in [-0.2, 0) is 9.53 Å². The minimum atomic E-state index is 0.132. The summed E-state index contributed by atoms with van der Waals surface area (Å²) in [7, 11) is 0. The van der Waals surface area contributed by atoms with Gasteiger partial charge in [-0.25, -0.2) is 9.97 Å². The van der Waals surface area contributed by atoms with Crippen LogP contribution >= 0.6 is 0 Å². The number of ether oxygens (including phenoxy) is 1. The Morgan fingerprint density at radius 3 is 2.94 bits per heavy atom. The lowest BCUT2D eigenvalue weighted by molar-refractivity contribution is -0.134. The second kappa shape index (κ2) is 6.15. The third kappa shape index (κ3) is 3.56. The number of aromatic nitrogens is 2. The van der Waals surface area contributed by atoms with E-state index in [1.807, 2.05) is 4.90 Å². The zero-order valence-corrected chi connectivity index (χ0v) is 10.1. The van der Waals surface area contributed by atoms with Crippen LogP contribution < -0.4 is 11.1 Å². The number of carbonyl (C=O) groups excluding carboxylic acids is 1. The quantitative estimate of drug-likeness (QED) is 0.764. The molecular formula is C11H17N5O2. The highest BCUT2D eigenvalue weighted by Crippen LogP contribution is 2.05. The SMILES string of the molecule is Nc1cc(NCCC(=O)N2CCOCC2)ncn1. The van der Waals surface area contributed by atoms with Gasteiger partial charge in [-0.2, -0.15) is 0 Å². The van der Waals surface area contributed by atoms with Crippen molar-refractivity contribution in [1.82, 2.24) is 14.9 Å². The van der Waals surface area contributed by atoms with Gasteiger partial charge in [-0.1, -0.05) is 0 Å². The highest BCUT2D eigenvalue weighted by Gasteiger charge is 2.15. The summed E-state index contributed by atoms with van der Waals surface area (Å²) in [5.74, 6) is 1.18. The van der Waals surface area contributed by atoms with E-state index >= 15 is 0 Å². The molecule has 1 aromatic heterocycles. The van der Waals surface area contributed by atoms with E-state index in [2.05, 4.69) is 15.3 Å². The molecule has 1 saturated heterocycles. The summed E-state index contributed by atoms with van der Waals surface area (Å²) in [5, 5.41) is 3.05. The summed E-state index contributed by atoms with van der Waals surface area (Å²) < 4.78 is 5.20. The lowest BCUT2D eigenvalue weighted by Crippen LogP contribution is -2.41. The Bertz CT molecular complexity index is 406. The molecular weight excluding hydrogens is 234 g/mol. The Balaban J connectivity index is 1.73. The molecule has 3 N–H and O–H groups in total. The molecule has 1 aliphatic heterocycles. The van der Waals surface area contributed by atoms with Gasteiger partial charge in [0, 0.05) is 32.1 Å². The van der Waals surface area contributed by atoms with Crippen molar-refractivity contribution in [2.75, 3.05) is 43.9 Å². The molecule has 1 aromatic rings. The summed E-state index contributed by atoms with van der Waals surface area (Å²) in [5.41, 5.74) is 5.53. The maximum atomic E-state index is 11.8. The van der Waals surface area contributed by atoms with Crippen LogP contribution in [0, 0.1) is 0 Å². The number of nitrogens with zero attached hydrogens (tertiary/aromatic N) is 3. The Labute approximate surface area is 105 Å². The van der Waals surface area contributed by atoms with Gasteiger partial charge in [-0.05, 0) is 0 Å². The predicted molar refractivity (Wildman–Crippen MR) is 67.0 cm³/mol. The van der Waals surface area contributed by atoms with Gasteiger partial charge in [0.15, 0.2) is 0 Å². The van der Waals surface area contributed by atoms with Crippen molar-refractivity contribution in [2.45, 2.75) is 6.42 Å². The Hall–Kier alpha value is -1.89. The summed E-state index contributed by atoms with van der Waals surface area (Å²) in [6, 6.07) is 1.64. The van der Waals surface area contributed by atoms with Gasteiger partial charge < -0.3 is 20.7 Å². The summed E-state index contributed by atoms with van der Waals surface area (Å²) >= 11 is 0. The number of anilines is 2. The Morgan fingerprint density at radius 2 is 2.22 bits per heavy atom. The molecule has 2 rings (SSSR count). The molecule has 0 aliphatic carbocycles.